The average molecular weight is 774 g/mol. The van der Waals surface area contributed by atoms with Crippen molar-refractivity contribution in [3.8, 4) is 0 Å². The maximum absolute atomic E-state index is 14.5. The molecule has 2 saturated carbocycles. The molecule has 0 spiro atoms. The molecule has 1 N–H and O–H groups in total. The smallest absolute Gasteiger partial charge is 0.410 e. The summed E-state index contributed by atoms with van der Waals surface area (Å²) < 4.78 is 53.4. The fourth-order valence-electron chi connectivity index (χ4n) is 7.57. The molecule has 0 bridgehead atoms. The molecule has 1 aromatic carbocycles. The number of nitrogens with zero attached hydrogens (tertiary/aromatic N) is 2. The molecule has 3 fully saturated rings. The minimum absolute atomic E-state index is 0.0179. The Morgan fingerprint density at radius 2 is 1.81 bits per heavy atom. The van der Waals surface area contributed by atoms with E-state index in [4.69, 9.17) is 9.47 Å². The summed E-state index contributed by atoms with van der Waals surface area (Å²) in [5, 5.41) is -0.642. The molecular formula is C39H52FN3O10S. The molecule has 1 saturated heterocycles. The molecule has 5 rings (SSSR count). The summed E-state index contributed by atoms with van der Waals surface area (Å²) in [6, 6.07) is 3.40. The lowest BCUT2D eigenvalue weighted by atomic mass is 9.90. The van der Waals surface area contributed by atoms with Gasteiger partial charge in [-0.05, 0) is 83.4 Å². The molecule has 3 amide bonds. The van der Waals surface area contributed by atoms with Crippen LogP contribution < -0.4 is 4.72 Å². The van der Waals surface area contributed by atoms with Gasteiger partial charge in [0.25, 0.3) is 0 Å². The van der Waals surface area contributed by atoms with Gasteiger partial charge in [-0.1, -0.05) is 31.6 Å². The van der Waals surface area contributed by atoms with E-state index in [1.165, 1.54) is 15.9 Å². The number of fused-ring (bicyclic) bond motifs is 1. The van der Waals surface area contributed by atoms with Crippen LogP contribution in [0.2, 0.25) is 0 Å². The highest BCUT2D eigenvalue weighted by Gasteiger charge is 2.61. The quantitative estimate of drug-likeness (QED) is 0.191. The first-order chi connectivity index (χ1) is 25.3. The molecule has 5 atom stereocenters. The Morgan fingerprint density at radius 3 is 2.41 bits per heavy atom. The van der Waals surface area contributed by atoms with Crippen molar-refractivity contribution in [2.24, 2.45) is 17.3 Å². The van der Waals surface area contributed by atoms with E-state index in [0.717, 1.165) is 0 Å². The zero-order valence-electron chi connectivity index (χ0n) is 31.9. The first-order valence-corrected chi connectivity index (χ1v) is 20.3. The molecule has 2 aliphatic heterocycles. The second kappa shape index (κ2) is 15.9. The number of ketones is 2. The molecule has 15 heteroatoms. The number of hydrogen-bond donors (Lipinski definition) is 1. The maximum atomic E-state index is 14.5. The number of nitrogens with one attached hydrogen (secondary N) is 1. The Hall–Kier alpha value is -4.14. The molecule has 2 heterocycles. The number of halogens is 1. The van der Waals surface area contributed by atoms with Crippen molar-refractivity contribution in [3.05, 3.63) is 46.8 Å². The van der Waals surface area contributed by atoms with Gasteiger partial charge in [0.05, 0.1) is 36.2 Å². The van der Waals surface area contributed by atoms with Gasteiger partial charge in [0.15, 0.2) is 11.6 Å². The minimum Gasteiger partial charge on any atom is -0.460 e. The molecule has 54 heavy (non-hydrogen) atoms. The highest BCUT2D eigenvalue weighted by atomic mass is 32.2. The van der Waals surface area contributed by atoms with Crippen molar-refractivity contribution < 1.29 is 51.0 Å². The van der Waals surface area contributed by atoms with Crippen LogP contribution in [0.1, 0.15) is 110 Å². The second-order valence-electron chi connectivity index (χ2n) is 16.2. The molecular weight excluding hydrogens is 722 g/mol. The number of ether oxygens (including phenoxy) is 2. The summed E-state index contributed by atoms with van der Waals surface area (Å²) in [5.41, 5.74) is -0.632. The highest BCUT2D eigenvalue weighted by molar-refractivity contribution is 7.90. The molecule has 296 valence electrons. The van der Waals surface area contributed by atoms with Crippen LogP contribution in [0, 0.1) is 23.1 Å². The van der Waals surface area contributed by atoms with Gasteiger partial charge < -0.3 is 14.4 Å². The van der Waals surface area contributed by atoms with Crippen LogP contribution in [-0.2, 0) is 56.6 Å². The van der Waals surface area contributed by atoms with Gasteiger partial charge >= 0.3 is 12.1 Å². The topological polar surface area (TPSA) is 174 Å². The monoisotopic (exact) mass is 773 g/mol. The fourth-order valence-corrected chi connectivity index (χ4v) is 8.95. The van der Waals surface area contributed by atoms with Crippen LogP contribution in [0.3, 0.4) is 0 Å². The third-order valence-corrected chi connectivity index (χ3v) is 12.8. The van der Waals surface area contributed by atoms with Crippen LogP contribution in [0.4, 0.5) is 9.18 Å². The molecule has 1 aromatic rings. The predicted molar refractivity (Wildman–Crippen MR) is 194 cm³/mol. The number of carbonyl (C=O) groups is 6. The lowest BCUT2D eigenvalue weighted by Gasteiger charge is -2.29. The van der Waals surface area contributed by atoms with E-state index in [1.807, 2.05) is 6.92 Å². The Bertz CT molecular complexity index is 1830. The van der Waals surface area contributed by atoms with Crippen molar-refractivity contribution in [1.82, 2.24) is 14.5 Å². The largest absolute Gasteiger partial charge is 0.460 e. The molecule has 0 radical (unpaired) electrons. The average Bonchev–Trinajstić information content (AvgIpc) is 3.99. The summed E-state index contributed by atoms with van der Waals surface area (Å²) in [4.78, 5) is 84.2. The minimum atomic E-state index is -3.89. The van der Waals surface area contributed by atoms with Crippen molar-refractivity contribution >= 4 is 45.5 Å². The van der Waals surface area contributed by atoms with E-state index < -0.39 is 79.8 Å². The van der Waals surface area contributed by atoms with Crippen LogP contribution in [0.25, 0.3) is 0 Å². The number of rotatable bonds is 15. The van der Waals surface area contributed by atoms with Gasteiger partial charge in [-0.3, -0.25) is 33.6 Å². The van der Waals surface area contributed by atoms with Gasteiger partial charge in [-0.15, -0.1) is 0 Å². The van der Waals surface area contributed by atoms with E-state index in [0.29, 0.717) is 42.4 Å². The number of esters is 1. The first kappa shape index (κ1) is 41.0. The van der Waals surface area contributed by atoms with Gasteiger partial charge in [0.2, 0.25) is 21.8 Å². The number of likely N-dealkylation sites (tertiary alicyclic amines) is 1. The normalized spacial score (nSPS) is 24.4. The lowest BCUT2D eigenvalue weighted by Crippen LogP contribution is -2.46. The van der Waals surface area contributed by atoms with Gasteiger partial charge in [0.1, 0.15) is 17.5 Å². The molecule has 4 aliphatic rings. The first-order valence-electron chi connectivity index (χ1n) is 18.8. The van der Waals surface area contributed by atoms with E-state index in [2.05, 4.69) is 4.72 Å². The van der Waals surface area contributed by atoms with Crippen LogP contribution in [0.5, 0.6) is 0 Å². The molecule has 13 nitrogen and oxygen atoms in total. The number of amides is 3. The van der Waals surface area contributed by atoms with Crippen LogP contribution >= 0.6 is 0 Å². The standard InChI is InChI=1S/C39H52FN3O10S/c1-7-23(3)32(44)15-12-24(16-34(46)53-38(4,5)6)35(47)43-21-27(52-37(49)42-20-25-10-9-11-30(40)29(25)22-42)17-31(43)33(45)19-39(18-26(39)8-2)36(48)41-54(50,51)28-13-14-28/h7,9-11,24,26-28,31H,8,12-22H2,1-6H3,(H,41,48)/b23-7+/t24-,26-,27?,31?,39-/m1/s1. The fraction of sp³-hybridized carbons (Fsp3) is 0.641. The number of benzene rings is 1. The Balaban J connectivity index is 1.39. The predicted octanol–water partition coefficient (Wildman–Crippen LogP) is 4.89. The molecule has 2 aliphatic carbocycles. The van der Waals surface area contributed by atoms with Crippen LogP contribution in [-0.4, -0.2) is 83.2 Å². The van der Waals surface area contributed by atoms with Crippen molar-refractivity contribution in [1.29, 1.82) is 0 Å². The molecule has 0 aromatic heterocycles. The van der Waals surface area contributed by atoms with Crippen molar-refractivity contribution in [2.45, 2.75) is 135 Å². The summed E-state index contributed by atoms with van der Waals surface area (Å²) in [6.45, 7) is 10.2. The van der Waals surface area contributed by atoms with Crippen LogP contribution in [0.15, 0.2) is 29.8 Å². The number of hydrogen-bond acceptors (Lipinski definition) is 10. The Labute approximate surface area is 316 Å². The van der Waals surface area contributed by atoms with Gasteiger partial charge in [-0.2, -0.15) is 0 Å². The maximum Gasteiger partial charge on any atom is 0.410 e. The van der Waals surface area contributed by atoms with E-state index in [-0.39, 0.29) is 63.4 Å². The van der Waals surface area contributed by atoms with E-state index in [9.17, 15) is 41.6 Å². The lowest BCUT2D eigenvalue weighted by molar-refractivity contribution is -0.159. The zero-order valence-corrected chi connectivity index (χ0v) is 32.8. The number of allylic oxidation sites excluding steroid dienone is 2. The van der Waals surface area contributed by atoms with Gasteiger partial charge in [0, 0.05) is 37.3 Å². The zero-order chi connectivity index (χ0) is 39.7. The van der Waals surface area contributed by atoms with E-state index >= 15 is 0 Å². The Morgan fingerprint density at radius 1 is 1.11 bits per heavy atom. The summed E-state index contributed by atoms with van der Waals surface area (Å²) in [7, 11) is -3.89. The second-order valence-corrected chi connectivity index (χ2v) is 18.1. The summed E-state index contributed by atoms with van der Waals surface area (Å²) >= 11 is 0. The summed E-state index contributed by atoms with van der Waals surface area (Å²) in [5.74, 6) is -4.52. The Kier molecular flexibility index (Phi) is 12.1. The number of Topliss-reactive ketones (excluding diaryl/α,β-unsaturated/α-hetero) is 2. The molecule has 2 unspecified atom stereocenters. The number of sulfonamides is 1. The SMILES string of the molecule is C/C=C(\C)C(=O)CC[C@H](CC(=O)OC(C)(C)C)C(=O)N1CC(OC(=O)N2Cc3cccc(F)c3C2)CC1C(=O)C[C@]1(C(=O)NS(=O)(=O)C2CC2)C[C@H]1CC. The highest BCUT2D eigenvalue weighted by Crippen LogP contribution is 2.58. The summed E-state index contributed by atoms with van der Waals surface area (Å²) in [6.07, 6.45) is 0.726. The third-order valence-electron chi connectivity index (χ3n) is 11.0. The third kappa shape index (κ3) is 9.38. The number of carbonyl (C=O) groups excluding carboxylic acids is 6. The van der Waals surface area contributed by atoms with Crippen molar-refractivity contribution in [3.63, 3.8) is 0 Å². The van der Waals surface area contributed by atoms with E-state index in [1.54, 1.807) is 52.8 Å². The van der Waals surface area contributed by atoms with Gasteiger partial charge in [-0.25, -0.2) is 17.6 Å². The van der Waals surface area contributed by atoms with Crippen molar-refractivity contribution in [2.75, 3.05) is 6.54 Å².